The smallest absolute Gasteiger partial charge is 0.118 e. The van der Waals surface area contributed by atoms with E-state index in [4.69, 9.17) is 4.74 Å². The Labute approximate surface area is 101 Å². The lowest BCUT2D eigenvalue weighted by atomic mass is 10.0. The van der Waals surface area contributed by atoms with Crippen LogP contribution in [0.1, 0.15) is 22.9 Å². The molecule has 1 aromatic heterocycles. The third-order valence-electron chi connectivity index (χ3n) is 2.68. The van der Waals surface area contributed by atoms with Crippen molar-refractivity contribution in [1.29, 1.82) is 0 Å². The van der Waals surface area contributed by atoms with Crippen molar-refractivity contribution in [2.75, 3.05) is 7.11 Å². The lowest BCUT2D eigenvalue weighted by molar-refractivity contribution is 0.219. The Balaban J connectivity index is 2.23. The summed E-state index contributed by atoms with van der Waals surface area (Å²) in [4.78, 5) is 4.17. The van der Waals surface area contributed by atoms with Crippen LogP contribution in [-0.2, 0) is 0 Å². The van der Waals surface area contributed by atoms with E-state index >= 15 is 0 Å². The van der Waals surface area contributed by atoms with Crippen LogP contribution in [0.25, 0.3) is 0 Å². The fourth-order valence-corrected chi connectivity index (χ4v) is 1.62. The van der Waals surface area contributed by atoms with E-state index in [1.165, 1.54) is 0 Å². The van der Waals surface area contributed by atoms with Crippen LogP contribution in [0.5, 0.6) is 5.75 Å². The van der Waals surface area contributed by atoms with Gasteiger partial charge in [-0.1, -0.05) is 18.2 Å². The monoisotopic (exact) mass is 229 g/mol. The molecule has 2 rings (SSSR count). The largest absolute Gasteiger partial charge is 0.497 e. The van der Waals surface area contributed by atoms with E-state index in [0.29, 0.717) is 0 Å². The average Bonchev–Trinajstić information content (AvgIpc) is 2.39. The van der Waals surface area contributed by atoms with Gasteiger partial charge in [0, 0.05) is 17.5 Å². The number of nitrogens with zero attached hydrogens (tertiary/aromatic N) is 1. The zero-order valence-electron chi connectivity index (χ0n) is 9.92. The van der Waals surface area contributed by atoms with Crippen molar-refractivity contribution in [3.63, 3.8) is 0 Å². The summed E-state index contributed by atoms with van der Waals surface area (Å²) in [7, 11) is 1.62. The zero-order valence-corrected chi connectivity index (χ0v) is 9.92. The molecular formula is C14H15NO2. The standard InChI is InChI=1S/C14H15NO2/c1-10-3-4-12(9-15-10)14(16)11-5-7-13(17-2)8-6-11/h3-9,14,16H,1-2H3. The van der Waals surface area contributed by atoms with Crippen molar-refractivity contribution in [2.45, 2.75) is 13.0 Å². The van der Waals surface area contributed by atoms with Gasteiger partial charge in [0.1, 0.15) is 11.9 Å². The third kappa shape index (κ3) is 2.63. The Kier molecular flexibility index (Phi) is 3.40. The van der Waals surface area contributed by atoms with E-state index < -0.39 is 6.10 Å². The van der Waals surface area contributed by atoms with Gasteiger partial charge in [0.15, 0.2) is 0 Å². The molecule has 0 saturated carbocycles. The van der Waals surface area contributed by atoms with Crippen LogP contribution in [0.4, 0.5) is 0 Å². The molecule has 3 nitrogen and oxygen atoms in total. The van der Waals surface area contributed by atoms with Gasteiger partial charge in [-0.25, -0.2) is 0 Å². The van der Waals surface area contributed by atoms with Gasteiger partial charge >= 0.3 is 0 Å². The minimum Gasteiger partial charge on any atom is -0.497 e. The maximum absolute atomic E-state index is 10.2. The highest BCUT2D eigenvalue weighted by Crippen LogP contribution is 2.23. The highest BCUT2D eigenvalue weighted by Gasteiger charge is 2.10. The van der Waals surface area contributed by atoms with E-state index in [2.05, 4.69) is 4.98 Å². The van der Waals surface area contributed by atoms with Crippen LogP contribution >= 0.6 is 0 Å². The highest BCUT2D eigenvalue weighted by molar-refractivity contribution is 5.33. The summed E-state index contributed by atoms with van der Waals surface area (Å²) in [5.74, 6) is 0.781. The van der Waals surface area contributed by atoms with Crippen LogP contribution in [0.2, 0.25) is 0 Å². The van der Waals surface area contributed by atoms with Gasteiger partial charge < -0.3 is 9.84 Å². The predicted molar refractivity (Wildman–Crippen MR) is 66.0 cm³/mol. The minimum atomic E-state index is -0.644. The molecule has 0 aliphatic rings. The van der Waals surface area contributed by atoms with Gasteiger partial charge in [-0.3, -0.25) is 4.98 Å². The first-order valence-electron chi connectivity index (χ1n) is 5.45. The fraction of sp³-hybridized carbons (Fsp3) is 0.214. The van der Waals surface area contributed by atoms with Gasteiger partial charge in [-0.2, -0.15) is 0 Å². The van der Waals surface area contributed by atoms with E-state index in [0.717, 1.165) is 22.6 Å². The molecule has 1 N–H and O–H groups in total. The lowest BCUT2D eigenvalue weighted by Crippen LogP contribution is -2.00. The Morgan fingerprint density at radius 1 is 1.06 bits per heavy atom. The van der Waals surface area contributed by atoms with Gasteiger partial charge in [-0.05, 0) is 30.7 Å². The second-order valence-electron chi connectivity index (χ2n) is 3.91. The molecule has 0 spiro atoms. The van der Waals surface area contributed by atoms with E-state index in [9.17, 15) is 5.11 Å². The Bertz CT molecular complexity index is 477. The second kappa shape index (κ2) is 4.97. The molecule has 3 heteroatoms. The molecule has 0 radical (unpaired) electrons. The number of pyridine rings is 1. The quantitative estimate of drug-likeness (QED) is 0.879. The highest BCUT2D eigenvalue weighted by atomic mass is 16.5. The Hall–Kier alpha value is -1.87. The van der Waals surface area contributed by atoms with Crippen LogP contribution in [0.15, 0.2) is 42.6 Å². The number of aliphatic hydroxyl groups is 1. The summed E-state index contributed by atoms with van der Waals surface area (Å²) in [5, 5.41) is 10.2. The fourth-order valence-electron chi connectivity index (χ4n) is 1.62. The molecule has 0 fully saturated rings. The SMILES string of the molecule is COc1ccc(C(O)c2ccc(C)nc2)cc1. The number of aromatic nitrogens is 1. The van der Waals surface area contributed by atoms with E-state index in [1.807, 2.05) is 43.3 Å². The lowest BCUT2D eigenvalue weighted by Gasteiger charge is -2.11. The first kappa shape index (κ1) is 11.6. The zero-order chi connectivity index (χ0) is 12.3. The van der Waals surface area contributed by atoms with Crippen molar-refractivity contribution in [3.8, 4) is 5.75 Å². The Morgan fingerprint density at radius 3 is 2.24 bits per heavy atom. The summed E-state index contributed by atoms with van der Waals surface area (Å²) in [5.41, 5.74) is 2.56. The molecule has 2 aromatic rings. The number of methoxy groups -OCH3 is 1. The van der Waals surface area contributed by atoms with Crippen molar-refractivity contribution >= 4 is 0 Å². The number of hydrogen-bond donors (Lipinski definition) is 1. The van der Waals surface area contributed by atoms with E-state index in [-0.39, 0.29) is 0 Å². The van der Waals surface area contributed by atoms with Crippen molar-refractivity contribution in [3.05, 3.63) is 59.4 Å². The summed E-state index contributed by atoms with van der Waals surface area (Å²) >= 11 is 0. The van der Waals surface area contributed by atoms with Gasteiger partial charge in [0.25, 0.3) is 0 Å². The summed E-state index contributed by atoms with van der Waals surface area (Å²) in [6, 6.07) is 11.1. The summed E-state index contributed by atoms with van der Waals surface area (Å²) in [6.07, 6.45) is 1.05. The maximum Gasteiger partial charge on any atom is 0.118 e. The molecular weight excluding hydrogens is 214 g/mol. The average molecular weight is 229 g/mol. The molecule has 0 amide bonds. The molecule has 0 bridgehead atoms. The normalized spacial score (nSPS) is 12.2. The summed E-state index contributed by atoms with van der Waals surface area (Å²) < 4.78 is 5.08. The van der Waals surface area contributed by atoms with Crippen LogP contribution in [0, 0.1) is 6.92 Å². The van der Waals surface area contributed by atoms with Crippen LogP contribution in [0.3, 0.4) is 0 Å². The number of benzene rings is 1. The molecule has 88 valence electrons. The molecule has 1 heterocycles. The minimum absolute atomic E-state index is 0.644. The first-order chi connectivity index (χ1) is 8.20. The van der Waals surface area contributed by atoms with Crippen molar-refractivity contribution in [2.24, 2.45) is 0 Å². The number of ether oxygens (including phenoxy) is 1. The number of rotatable bonds is 3. The molecule has 0 aliphatic carbocycles. The van der Waals surface area contributed by atoms with E-state index in [1.54, 1.807) is 13.3 Å². The predicted octanol–water partition coefficient (Wildman–Crippen LogP) is 2.48. The molecule has 0 saturated heterocycles. The van der Waals surface area contributed by atoms with Crippen molar-refractivity contribution in [1.82, 2.24) is 4.98 Å². The number of aryl methyl sites for hydroxylation is 1. The number of hydrogen-bond acceptors (Lipinski definition) is 3. The molecule has 1 aromatic carbocycles. The summed E-state index contributed by atoms with van der Waals surface area (Å²) in [6.45, 7) is 1.92. The van der Waals surface area contributed by atoms with Crippen LogP contribution in [-0.4, -0.2) is 17.2 Å². The van der Waals surface area contributed by atoms with Crippen LogP contribution < -0.4 is 4.74 Å². The Morgan fingerprint density at radius 2 is 1.71 bits per heavy atom. The molecule has 0 aliphatic heterocycles. The van der Waals surface area contributed by atoms with Gasteiger partial charge in [-0.15, -0.1) is 0 Å². The first-order valence-corrected chi connectivity index (χ1v) is 5.45. The molecule has 1 unspecified atom stereocenters. The third-order valence-corrected chi connectivity index (χ3v) is 2.68. The molecule has 17 heavy (non-hydrogen) atoms. The topological polar surface area (TPSA) is 42.4 Å². The van der Waals surface area contributed by atoms with Crippen molar-refractivity contribution < 1.29 is 9.84 Å². The number of aliphatic hydroxyl groups excluding tert-OH is 1. The second-order valence-corrected chi connectivity index (χ2v) is 3.91. The maximum atomic E-state index is 10.2. The van der Waals surface area contributed by atoms with Gasteiger partial charge in [0.2, 0.25) is 0 Å². The van der Waals surface area contributed by atoms with Gasteiger partial charge in [0.05, 0.1) is 7.11 Å². The molecule has 1 atom stereocenters.